The maximum absolute atomic E-state index is 12.0. The molecule has 1 amide bonds. The minimum Gasteiger partial charge on any atom is -0.305 e. The van der Waals surface area contributed by atoms with Gasteiger partial charge in [0.25, 0.3) is 11.7 Å². The third-order valence-corrected chi connectivity index (χ3v) is 3.74. The van der Waals surface area contributed by atoms with Crippen molar-refractivity contribution in [3.63, 3.8) is 0 Å². The summed E-state index contributed by atoms with van der Waals surface area (Å²) in [6.45, 7) is 7.13. The van der Waals surface area contributed by atoms with Crippen molar-refractivity contribution in [2.75, 3.05) is 11.4 Å². The summed E-state index contributed by atoms with van der Waals surface area (Å²) >= 11 is 3.38. The van der Waals surface area contributed by atoms with Gasteiger partial charge in [0.1, 0.15) is 0 Å². The molecule has 0 saturated carbocycles. The van der Waals surface area contributed by atoms with E-state index in [0.29, 0.717) is 12.1 Å². The van der Waals surface area contributed by atoms with Gasteiger partial charge in [0.05, 0.1) is 11.3 Å². The number of hydrogen-bond donors (Lipinski definition) is 0. The van der Waals surface area contributed by atoms with Crippen molar-refractivity contribution in [3.8, 4) is 0 Å². The Balaban J connectivity index is 2.16. The molecule has 3 nitrogen and oxygen atoms in total. The lowest BCUT2D eigenvalue weighted by Gasteiger charge is -2.21. The van der Waals surface area contributed by atoms with Gasteiger partial charge in [0.2, 0.25) is 0 Å². The molecule has 0 saturated heterocycles. The third-order valence-electron chi connectivity index (χ3n) is 3.24. The highest BCUT2D eigenvalue weighted by molar-refractivity contribution is 9.10. The van der Waals surface area contributed by atoms with Crippen molar-refractivity contribution in [1.82, 2.24) is 0 Å². The highest BCUT2D eigenvalue weighted by atomic mass is 79.9. The van der Waals surface area contributed by atoms with E-state index in [4.69, 9.17) is 0 Å². The number of anilines is 1. The summed E-state index contributed by atoms with van der Waals surface area (Å²) in [6, 6.07) is 5.35. The number of hydrogen-bond acceptors (Lipinski definition) is 2. The second-order valence-electron chi connectivity index (χ2n) is 6.11. The van der Waals surface area contributed by atoms with Crippen LogP contribution < -0.4 is 4.90 Å². The molecule has 0 atom stereocenters. The van der Waals surface area contributed by atoms with Crippen LogP contribution in [0.25, 0.3) is 0 Å². The number of carbonyl (C=O) groups is 2. The van der Waals surface area contributed by atoms with E-state index in [2.05, 4.69) is 36.7 Å². The summed E-state index contributed by atoms with van der Waals surface area (Å²) in [7, 11) is 0. The quantitative estimate of drug-likeness (QED) is 0.793. The van der Waals surface area contributed by atoms with E-state index in [0.717, 1.165) is 23.0 Å². The standard InChI is InChI=1S/C15H18BrNO2/c1-15(2,3)7-4-8-17-12-9-10(16)5-6-11(12)13(18)14(17)19/h5-6,9H,4,7-8H2,1-3H3. The fourth-order valence-corrected chi connectivity index (χ4v) is 2.61. The van der Waals surface area contributed by atoms with Crippen LogP contribution in [-0.4, -0.2) is 18.2 Å². The first-order chi connectivity index (χ1) is 8.79. The van der Waals surface area contributed by atoms with Crippen molar-refractivity contribution < 1.29 is 9.59 Å². The largest absolute Gasteiger partial charge is 0.305 e. The fraction of sp³-hybridized carbons (Fsp3) is 0.467. The van der Waals surface area contributed by atoms with Crippen LogP contribution in [0.4, 0.5) is 5.69 Å². The molecule has 1 heterocycles. The van der Waals surface area contributed by atoms with E-state index in [1.54, 1.807) is 17.0 Å². The molecule has 0 aliphatic carbocycles. The number of Topliss-reactive ketones (excluding diaryl/α,β-unsaturated/α-hetero) is 1. The first-order valence-electron chi connectivity index (χ1n) is 6.45. The number of halogens is 1. The molecule has 0 aromatic heterocycles. The van der Waals surface area contributed by atoms with Gasteiger partial charge in [-0.05, 0) is 36.5 Å². The minimum absolute atomic E-state index is 0.243. The Bertz CT molecular complexity index is 531. The monoisotopic (exact) mass is 323 g/mol. The van der Waals surface area contributed by atoms with Gasteiger partial charge in [-0.1, -0.05) is 36.7 Å². The number of ketones is 1. The van der Waals surface area contributed by atoms with Gasteiger partial charge >= 0.3 is 0 Å². The molecule has 0 fully saturated rings. The molecule has 1 aliphatic heterocycles. The van der Waals surface area contributed by atoms with Crippen molar-refractivity contribution in [2.45, 2.75) is 33.6 Å². The summed E-state index contributed by atoms with van der Waals surface area (Å²) < 4.78 is 0.884. The van der Waals surface area contributed by atoms with Crippen molar-refractivity contribution >= 4 is 33.3 Å². The van der Waals surface area contributed by atoms with Gasteiger partial charge < -0.3 is 4.90 Å². The van der Waals surface area contributed by atoms with Crippen LogP contribution in [0, 0.1) is 5.41 Å². The molecule has 0 radical (unpaired) electrons. The predicted octanol–water partition coefficient (Wildman–Crippen LogP) is 3.80. The molecular formula is C15H18BrNO2. The van der Waals surface area contributed by atoms with Crippen molar-refractivity contribution in [3.05, 3.63) is 28.2 Å². The number of fused-ring (bicyclic) bond motifs is 1. The van der Waals surface area contributed by atoms with E-state index in [-0.39, 0.29) is 5.41 Å². The van der Waals surface area contributed by atoms with E-state index in [1.165, 1.54) is 0 Å². The zero-order chi connectivity index (χ0) is 14.2. The SMILES string of the molecule is CC(C)(C)CCCN1C(=O)C(=O)c2ccc(Br)cc21. The Kier molecular flexibility index (Phi) is 3.81. The van der Waals surface area contributed by atoms with E-state index in [9.17, 15) is 9.59 Å². The molecule has 1 aromatic carbocycles. The Hall–Kier alpha value is -1.16. The molecule has 1 aromatic rings. The highest BCUT2D eigenvalue weighted by Gasteiger charge is 2.35. The normalized spacial score (nSPS) is 15.1. The minimum atomic E-state index is -0.401. The molecule has 1 aliphatic rings. The lowest BCUT2D eigenvalue weighted by Crippen LogP contribution is -2.31. The van der Waals surface area contributed by atoms with Crippen LogP contribution in [0.5, 0.6) is 0 Å². The van der Waals surface area contributed by atoms with Crippen LogP contribution in [0.1, 0.15) is 44.0 Å². The topological polar surface area (TPSA) is 37.4 Å². The van der Waals surface area contributed by atoms with Crippen LogP contribution in [0.2, 0.25) is 0 Å². The average molecular weight is 324 g/mol. The van der Waals surface area contributed by atoms with Gasteiger partial charge in [-0.3, -0.25) is 9.59 Å². The zero-order valence-corrected chi connectivity index (χ0v) is 13.1. The Morgan fingerprint density at radius 3 is 2.53 bits per heavy atom. The molecular weight excluding hydrogens is 306 g/mol. The number of nitrogens with zero attached hydrogens (tertiary/aromatic N) is 1. The van der Waals surface area contributed by atoms with Gasteiger partial charge in [-0.2, -0.15) is 0 Å². The molecule has 2 rings (SSSR count). The Morgan fingerprint density at radius 1 is 1.21 bits per heavy atom. The smallest absolute Gasteiger partial charge is 0.299 e. The average Bonchev–Trinajstić information content (AvgIpc) is 2.52. The summed E-state index contributed by atoms with van der Waals surface area (Å²) in [5.74, 6) is -0.791. The molecule has 0 N–H and O–H groups in total. The first kappa shape index (κ1) is 14.3. The van der Waals surface area contributed by atoms with Crippen LogP contribution in [0.15, 0.2) is 22.7 Å². The molecule has 19 heavy (non-hydrogen) atoms. The summed E-state index contributed by atoms with van der Waals surface area (Å²) in [4.78, 5) is 25.5. The third kappa shape index (κ3) is 3.06. The van der Waals surface area contributed by atoms with Crippen molar-refractivity contribution in [2.24, 2.45) is 5.41 Å². The molecule has 102 valence electrons. The summed E-state index contributed by atoms with van der Waals surface area (Å²) in [5.41, 5.74) is 1.50. The lowest BCUT2D eigenvalue weighted by atomic mass is 9.90. The second-order valence-corrected chi connectivity index (χ2v) is 7.03. The number of rotatable bonds is 3. The zero-order valence-electron chi connectivity index (χ0n) is 11.5. The van der Waals surface area contributed by atoms with E-state index < -0.39 is 11.7 Å². The Morgan fingerprint density at radius 2 is 1.89 bits per heavy atom. The summed E-state index contributed by atoms with van der Waals surface area (Å²) in [5, 5.41) is 0. The van der Waals surface area contributed by atoms with Crippen LogP contribution in [0.3, 0.4) is 0 Å². The van der Waals surface area contributed by atoms with Gasteiger partial charge in [0.15, 0.2) is 0 Å². The predicted molar refractivity (Wildman–Crippen MR) is 79.5 cm³/mol. The Labute approximate surface area is 122 Å². The van der Waals surface area contributed by atoms with Gasteiger partial charge in [0, 0.05) is 11.0 Å². The lowest BCUT2D eigenvalue weighted by molar-refractivity contribution is -0.114. The fourth-order valence-electron chi connectivity index (χ4n) is 2.26. The number of carbonyl (C=O) groups excluding carboxylic acids is 2. The molecule has 4 heteroatoms. The van der Waals surface area contributed by atoms with Gasteiger partial charge in [-0.15, -0.1) is 0 Å². The molecule has 0 bridgehead atoms. The van der Waals surface area contributed by atoms with E-state index in [1.807, 2.05) is 6.07 Å². The molecule has 0 spiro atoms. The number of amides is 1. The first-order valence-corrected chi connectivity index (χ1v) is 7.25. The van der Waals surface area contributed by atoms with Gasteiger partial charge in [-0.25, -0.2) is 0 Å². The van der Waals surface area contributed by atoms with Crippen LogP contribution >= 0.6 is 15.9 Å². The maximum atomic E-state index is 12.0. The van der Waals surface area contributed by atoms with E-state index >= 15 is 0 Å². The maximum Gasteiger partial charge on any atom is 0.299 e. The summed E-state index contributed by atoms with van der Waals surface area (Å²) in [6.07, 6.45) is 1.92. The number of benzene rings is 1. The highest BCUT2D eigenvalue weighted by Crippen LogP contribution is 2.32. The van der Waals surface area contributed by atoms with Crippen LogP contribution in [-0.2, 0) is 4.79 Å². The second kappa shape index (κ2) is 5.08. The van der Waals surface area contributed by atoms with Crippen molar-refractivity contribution in [1.29, 1.82) is 0 Å². The molecule has 0 unspecified atom stereocenters.